The first-order valence-corrected chi connectivity index (χ1v) is 11.8. The Kier molecular flexibility index (Phi) is 6.23. The summed E-state index contributed by atoms with van der Waals surface area (Å²) in [7, 11) is -4.65. The summed E-state index contributed by atoms with van der Waals surface area (Å²) in [4.78, 5) is 0. The quantitative estimate of drug-likeness (QED) is 0.355. The molecule has 9 atom stereocenters. The van der Waals surface area contributed by atoms with Gasteiger partial charge in [-0.2, -0.15) is 0 Å². The van der Waals surface area contributed by atoms with Gasteiger partial charge in [-0.25, -0.2) is 8.42 Å². The second-order valence-electron chi connectivity index (χ2n) is 10.4. The zero-order valence-corrected chi connectivity index (χ0v) is 20.4. The van der Waals surface area contributed by atoms with E-state index in [1.165, 1.54) is 0 Å². The van der Waals surface area contributed by atoms with Crippen molar-refractivity contribution in [2.24, 2.45) is 34.5 Å². The van der Waals surface area contributed by atoms with E-state index in [-0.39, 0.29) is 40.4 Å². The molecular weight excluding hydrogens is 391 g/mol. The molecule has 8 heteroatoms. The first-order chi connectivity index (χ1) is 12.4. The second kappa shape index (κ2) is 7.44. The van der Waals surface area contributed by atoms with E-state index in [0.717, 1.165) is 32.1 Å². The fourth-order valence-corrected chi connectivity index (χ4v) is 8.21. The van der Waals surface area contributed by atoms with Crippen molar-refractivity contribution in [2.45, 2.75) is 89.9 Å². The normalized spacial score (nSPS) is 53.5. The first kappa shape index (κ1) is 23.5. The van der Waals surface area contributed by atoms with Crippen LogP contribution in [0.1, 0.15) is 72.1 Å². The van der Waals surface area contributed by atoms with Crippen molar-refractivity contribution in [3.8, 4) is 0 Å². The molecule has 6 nitrogen and oxygen atoms in total. The van der Waals surface area contributed by atoms with Crippen molar-refractivity contribution in [3.05, 3.63) is 0 Å². The molecule has 0 amide bonds. The molecule has 0 spiro atoms. The summed E-state index contributed by atoms with van der Waals surface area (Å²) in [6.07, 6.45) is 5.66. The van der Waals surface area contributed by atoms with Gasteiger partial charge in [-0.3, -0.25) is 4.18 Å². The summed E-state index contributed by atoms with van der Waals surface area (Å²) < 4.78 is 37.8. The molecule has 0 heterocycles. The molecule has 0 saturated heterocycles. The third kappa shape index (κ3) is 3.46. The molecule has 4 rings (SSSR count). The summed E-state index contributed by atoms with van der Waals surface area (Å²) in [6, 6.07) is 0. The van der Waals surface area contributed by atoms with Crippen LogP contribution in [0, 0.1) is 34.5 Å². The zero-order valence-electron chi connectivity index (χ0n) is 17.6. The molecule has 0 unspecified atom stereocenters. The van der Waals surface area contributed by atoms with Gasteiger partial charge in [-0.1, -0.05) is 13.8 Å². The molecule has 0 aliphatic heterocycles. The van der Waals surface area contributed by atoms with Crippen LogP contribution in [-0.4, -0.2) is 41.0 Å². The van der Waals surface area contributed by atoms with Crippen molar-refractivity contribution in [3.63, 3.8) is 0 Å². The predicted molar refractivity (Wildman–Crippen MR) is 98.3 cm³/mol. The monoisotopic (exact) mass is 424 g/mol. The molecule has 0 bridgehead atoms. The molecule has 28 heavy (non-hydrogen) atoms. The molecule has 4 aliphatic rings. The van der Waals surface area contributed by atoms with E-state index in [1.807, 2.05) is 0 Å². The molecule has 0 aromatic heterocycles. The van der Waals surface area contributed by atoms with Gasteiger partial charge in [0.1, 0.15) is 0 Å². The minimum atomic E-state index is -4.65. The Hall–Kier alpha value is 0.790. The summed E-state index contributed by atoms with van der Waals surface area (Å²) in [5.74, 6) is 1.72. The molecular formula is C20H33NaO6S. The van der Waals surface area contributed by atoms with Crippen molar-refractivity contribution >= 4 is 10.4 Å². The molecule has 4 fully saturated rings. The van der Waals surface area contributed by atoms with E-state index in [0.29, 0.717) is 42.9 Å². The molecule has 4 saturated carbocycles. The van der Waals surface area contributed by atoms with E-state index in [2.05, 4.69) is 13.8 Å². The van der Waals surface area contributed by atoms with Crippen LogP contribution in [0.25, 0.3) is 0 Å². The van der Waals surface area contributed by atoms with Crippen LogP contribution in [-0.2, 0) is 14.6 Å². The molecule has 2 N–H and O–H groups in total. The largest absolute Gasteiger partial charge is 1.00 e. The van der Waals surface area contributed by atoms with Crippen LogP contribution in [0.5, 0.6) is 0 Å². The molecule has 0 aromatic rings. The Balaban J connectivity index is 0.00000225. The van der Waals surface area contributed by atoms with Gasteiger partial charge in [0.25, 0.3) is 0 Å². The van der Waals surface area contributed by atoms with Crippen molar-refractivity contribution < 1.29 is 56.9 Å². The number of hydrogen-bond acceptors (Lipinski definition) is 6. The third-order valence-electron chi connectivity index (χ3n) is 9.54. The summed E-state index contributed by atoms with van der Waals surface area (Å²) in [5.41, 5.74) is -1.15. The van der Waals surface area contributed by atoms with Gasteiger partial charge in [0, 0.05) is 5.41 Å². The first-order valence-electron chi connectivity index (χ1n) is 10.4. The maximum absolute atomic E-state index is 11.0. The topological polar surface area (TPSA) is 107 Å². The van der Waals surface area contributed by atoms with Gasteiger partial charge in [0.15, 0.2) is 0 Å². The predicted octanol–water partition coefficient (Wildman–Crippen LogP) is -0.400. The van der Waals surface area contributed by atoms with E-state index in [9.17, 15) is 23.2 Å². The average Bonchev–Trinajstić information content (AvgIpc) is 2.73. The van der Waals surface area contributed by atoms with Crippen molar-refractivity contribution in [2.75, 3.05) is 0 Å². The number of fused-ring (bicyclic) bond motifs is 5. The van der Waals surface area contributed by atoms with E-state index in [1.54, 1.807) is 6.92 Å². The SMILES string of the molecule is C[C@]12CC[C@H](OS(=O)(=O)[O-])C[C@@H]1CC[C@@H]1[C@@H]2CC[C@@]2(C)[C@H]1C[C@H](O)[C@]2(C)O.[Na+]. The van der Waals surface area contributed by atoms with Crippen LogP contribution < -0.4 is 29.6 Å². The Labute approximate surface area is 191 Å². The number of aliphatic hydroxyl groups excluding tert-OH is 1. The smallest absolute Gasteiger partial charge is 0.726 e. The van der Waals surface area contributed by atoms with Gasteiger partial charge in [0.2, 0.25) is 10.4 Å². The Morgan fingerprint density at radius 2 is 1.68 bits per heavy atom. The number of hydrogen-bond donors (Lipinski definition) is 2. The fourth-order valence-electron chi connectivity index (χ4n) is 7.71. The van der Waals surface area contributed by atoms with Gasteiger partial charge in [-0.05, 0) is 87.4 Å². The second-order valence-corrected chi connectivity index (χ2v) is 11.4. The minimum absolute atomic E-state index is 0. The van der Waals surface area contributed by atoms with Crippen molar-refractivity contribution in [1.82, 2.24) is 0 Å². The maximum atomic E-state index is 11.0. The average molecular weight is 425 g/mol. The van der Waals surface area contributed by atoms with Crippen LogP contribution in [0.2, 0.25) is 0 Å². The van der Waals surface area contributed by atoms with Crippen molar-refractivity contribution in [1.29, 1.82) is 0 Å². The van der Waals surface area contributed by atoms with Crippen LogP contribution >= 0.6 is 0 Å². The summed E-state index contributed by atoms with van der Waals surface area (Å²) in [5, 5.41) is 21.5. The van der Waals surface area contributed by atoms with Crippen LogP contribution in [0.15, 0.2) is 0 Å². The van der Waals surface area contributed by atoms with Gasteiger partial charge >= 0.3 is 29.6 Å². The summed E-state index contributed by atoms with van der Waals surface area (Å²) in [6.45, 7) is 6.29. The Morgan fingerprint density at radius 3 is 2.32 bits per heavy atom. The zero-order chi connectivity index (χ0) is 19.8. The molecule has 4 aliphatic carbocycles. The van der Waals surface area contributed by atoms with E-state index in [4.69, 9.17) is 4.18 Å². The van der Waals surface area contributed by atoms with E-state index < -0.39 is 28.2 Å². The summed E-state index contributed by atoms with van der Waals surface area (Å²) >= 11 is 0. The van der Waals surface area contributed by atoms with Gasteiger partial charge < -0.3 is 14.8 Å². The van der Waals surface area contributed by atoms with Gasteiger partial charge in [0.05, 0.1) is 17.8 Å². The standard InChI is InChI=1S/C20H34O6S.Na/c1-18-8-6-13(26-27(23,24)25)10-12(18)4-5-14-15(18)7-9-19(2)16(14)11-17(21)20(19,3)22;/h12-17,21-22H,4-11H2,1-3H3,(H,23,24,25);/q;+1/p-1/t12-,13-,14+,15-,16-,17-,18-,19-,20-;/m0./s1. The Morgan fingerprint density at radius 1 is 1.00 bits per heavy atom. The maximum Gasteiger partial charge on any atom is 1.00 e. The Bertz CT molecular complexity index is 711. The van der Waals surface area contributed by atoms with Gasteiger partial charge in [-0.15, -0.1) is 0 Å². The minimum Gasteiger partial charge on any atom is -0.726 e. The molecule has 0 aromatic carbocycles. The third-order valence-corrected chi connectivity index (χ3v) is 10.1. The van der Waals surface area contributed by atoms with Crippen LogP contribution in [0.4, 0.5) is 0 Å². The molecule has 0 radical (unpaired) electrons. The molecule has 156 valence electrons. The number of aliphatic hydroxyl groups is 2. The fraction of sp³-hybridized carbons (Fsp3) is 1.00. The van der Waals surface area contributed by atoms with E-state index >= 15 is 0 Å². The van der Waals surface area contributed by atoms with Crippen LogP contribution in [0.3, 0.4) is 0 Å². The number of rotatable bonds is 2.